The van der Waals surface area contributed by atoms with E-state index < -0.39 is 0 Å². The van der Waals surface area contributed by atoms with Crippen LogP contribution in [0.5, 0.6) is 0 Å². The molecular formula is C16H31N5. The van der Waals surface area contributed by atoms with E-state index in [2.05, 4.69) is 36.3 Å². The van der Waals surface area contributed by atoms with Crippen LogP contribution in [-0.4, -0.2) is 20.8 Å². The van der Waals surface area contributed by atoms with Crippen LogP contribution >= 0.6 is 0 Å². The summed E-state index contributed by atoms with van der Waals surface area (Å²) in [5.41, 5.74) is 3.04. The van der Waals surface area contributed by atoms with Crippen molar-refractivity contribution in [2.45, 2.75) is 71.9 Å². The summed E-state index contributed by atoms with van der Waals surface area (Å²) in [6.45, 7) is 7.64. The van der Waals surface area contributed by atoms with Gasteiger partial charge < -0.3 is 0 Å². The second kappa shape index (κ2) is 7.90. The molecule has 1 heterocycles. The van der Waals surface area contributed by atoms with Crippen LogP contribution < -0.4 is 11.3 Å². The van der Waals surface area contributed by atoms with Gasteiger partial charge in [0.1, 0.15) is 12.2 Å². The van der Waals surface area contributed by atoms with E-state index in [1.54, 1.807) is 6.33 Å². The molecule has 0 amide bonds. The number of nitrogens with two attached hydrogens (primary N) is 1. The summed E-state index contributed by atoms with van der Waals surface area (Å²) in [4.78, 5) is 4.44. The molecule has 5 heteroatoms. The molecule has 1 aliphatic rings. The average Bonchev–Trinajstić information content (AvgIpc) is 2.91. The van der Waals surface area contributed by atoms with Gasteiger partial charge in [-0.25, -0.2) is 9.67 Å². The van der Waals surface area contributed by atoms with Gasteiger partial charge in [0.2, 0.25) is 0 Å². The quantitative estimate of drug-likeness (QED) is 0.599. The molecule has 2 rings (SSSR count). The fourth-order valence-corrected chi connectivity index (χ4v) is 3.50. The van der Waals surface area contributed by atoms with E-state index in [0.717, 1.165) is 24.7 Å². The Morgan fingerprint density at radius 3 is 2.62 bits per heavy atom. The number of aromatic nitrogens is 3. The predicted molar refractivity (Wildman–Crippen MR) is 85.4 cm³/mol. The molecule has 1 unspecified atom stereocenters. The fourth-order valence-electron chi connectivity index (χ4n) is 3.50. The highest BCUT2D eigenvalue weighted by Gasteiger charge is 2.27. The maximum absolute atomic E-state index is 5.83. The highest BCUT2D eigenvalue weighted by molar-refractivity contribution is 4.93. The van der Waals surface area contributed by atoms with Crippen LogP contribution in [-0.2, 0) is 13.0 Å². The lowest BCUT2D eigenvalue weighted by atomic mass is 9.77. The smallest absolute Gasteiger partial charge is 0.138 e. The van der Waals surface area contributed by atoms with Crippen molar-refractivity contribution >= 4 is 0 Å². The lowest BCUT2D eigenvalue weighted by Gasteiger charge is -2.33. The molecule has 0 saturated heterocycles. The van der Waals surface area contributed by atoms with Crippen LogP contribution in [0.3, 0.4) is 0 Å². The van der Waals surface area contributed by atoms with Crippen molar-refractivity contribution in [1.82, 2.24) is 20.2 Å². The molecule has 1 fully saturated rings. The van der Waals surface area contributed by atoms with Crippen molar-refractivity contribution in [3.63, 3.8) is 0 Å². The summed E-state index contributed by atoms with van der Waals surface area (Å²) in [5, 5.41) is 4.35. The molecule has 0 bridgehead atoms. The molecule has 1 aromatic rings. The van der Waals surface area contributed by atoms with E-state index in [4.69, 9.17) is 5.84 Å². The van der Waals surface area contributed by atoms with Crippen molar-refractivity contribution in [2.24, 2.45) is 23.6 Å². The zero-order chi connectivity index (χ0) is 15.2. The maximum Gasteiger partial charge on any atom is 0.138 e. The molecule has 1 aromatic heterocycles. The lowest BCUT2D eigenvalue weighted by Crippen LogP contribution is -2.44. The minimum absolute atomic E-state index is 0.318. The van der Waals surface area contributed by atoms with Crippen molar-refractivity contribution in [3.8, 4) is 0 Å². The Morgan fingerprint density at radius 1 is 1.33 bits per heavy atom. The van der Waals surface area contributed by atoms with Gasteiger partial charge in [-0.05, 0) is 30.6 Å². The first-order chi connectivity index (χ1) is 10.1. The molecule has 1 saturated carbocycles. The summed E-state index contributed by atoms with van der Waals surface area (Å²) in [6, 6.07) is 0.318. The monoisotopic (exact) mass is 293 g/mol. The molecule has 5 nitrogen and oxygen atoms in total. The fraction of sp³-hybridized carbons (Fsp3) is 0.875. The first-order valence-electron chi connectivity index (χ1n) is 8.46. The van der Waals surface area contributed by atoms with Crippen molar-refractivity contribution in [2.75, 3.05) is 0 Å². The van der Waals surface area contributed by atoms with Crippen LogP contribution in [0.2, 0.25) is 0 Å². The Hall–Kier alpha value is -0.940. The van der Waals surface area contributed by atoms with Gasteiger partial charge in [0, 0.05) is 19.0 Å². The van der Waals surface area contributed by atoms with Crippen molar-refractivity contribution < 1.29 is 0 Å². The summed E-state index contributed by atoms with van der Waals surface area (Å²) >= 11 is 0. The second-order valence-corrected chi connectivity index (χ2v) is 6.92. The zero-order valence-corrected chi connectivity index (χ0v) is 13.8. The number of hydrazine groups is 1. The van der Waals surface area contributed by atoms with Gasteiger partial charge in [0.25, 0.3) is 0 Å². The van der Waals surface area contributed by atoms with Gasteiger partial charge in [-0.3, -0.25) is 11.3 Å². The third-order valence-electron chi connectivity index (χ3n) is 4.89. The number of rotatable bonds is 7. The van der Waals surface area contributed by atoms with Gasteiger partial charge in [-0.2, -0.15) is 5.10 Å². The van der Waals surface area contributed by atoms with E-state index in [9.17, 15) is 0 Å². The minimum Gasteiger partial charge on any atom is -0.271 e. The topological polar surface area (TPSA) is 68.8 Å². The highest BCUT2D eigenvalue weighted by atomic mass is 15.3. The Kier molecular flexibility index (Phi) is 6.18. The molecule has 120 valence electrons. The molecule has 3 N–H and O–H groups in total. The second-order valence-electron chi connectivity index (χ2n) is 6.92. The average molecular weight is 293 g/mol. The predicted octanol–water partition coefficient (Wildman–Crippen LogP) is 2.52. The molecule has 0 radical (unpaired) electrons. The van der Waals surface area contributed by atoms with E-state index in [0.29, 0.717) is 17.9 Å². The SMILES string of the molecule is CCC1CCC(C(Cc2ncnn2CC(C)C)NN)CC1. The lowest BCUT2D eigenvalue weighted by molar-refractivity contribution is 0.214. The Morgan fingerprint density at radius 2 is 2.05 bits per heavy atom. The number of nitrogens with one attached hydrogen (secondary N) is 1. The first-order valence-corrected chi connectivity index (χ1v) is 8.46. The zero-order valence-electron chi connectivity index (χ0n) is 13.8. The number of hydrogen-bond acceptors (Lipinski definition) is 4. The molecule has 1 aliphatic carbocycles. The van der Waals surface area contributed by atoms with Crippen LogP contribution in [0, 0.1) is 17.8 Å². The molecule has 21 heavy (non-hydrogen) atoms. The van der Waals surface area contributed by atoms with Crippen LogP contribution in [0.15, 0.2) is 6.33 Å². The maximum atomic E-state index is 5.83. The van der Waals surface area contributed by atoms with E-state index in [-0.39, 0.29) is 0 Å². The third kappa shape index (κ3) is 4.51. The van der Waals surface area contributed by atoms with Gasteiger partial charge in [0.15, 0.2) is 0 Å². The third-order valence-corrected chi connectivity index (χ3v) is 4.89. The molecule has 0 spiro atoms. The Bertz CT molecular complexity index is 407. The molecule has 0 aliphatic heterocycles. The summed E-state index contributed by atoms with van der Waals surface area (Å²) in [5.74, 6) is 9.06. The summed E-state index contributed by atoms with van der Waals surface area (Å²) < 4.78 is 2.03. The van der Waals surface area contributed by atoms with Crippen LogP contribution in [0.25, 0.3) is 0 Å². The van der Waals surface area contributed by atoms with Gasteiger partial charge in [-0.1, -0.05) is 40.0 Å². The van der Waals surface area contributed by atoms with E-state index in [1.165, 1.54) is 32.1 Å². The molecule has 1 atom stereocenters. The van der Waals surface area contributed by atoms with E-state index >= 15 is 0 Å². The standard InChI is InChI=1S/C16H31N5/c1-4-13-5-7-14(8-6-13)15(20-17)9-16-18-11-19-21(16)10-12(2)3/h11-15,20H,4-10,17H2,1-3H3. The normalized spacial score (nSPS) is 24.4. The van der Waals surface area contributed by atoms with Crippen LogP contribution in [0.1, 0.15) is 58.7 Å². The number of nitrogens with zero attached hydrogens (tertiary/aromatic N) is 3. The Labute approximate surface area is 128 Å². The first kappa shape index (κ1) is 16.4. The van der Waals surface area contributed by atoms with E-state index in [1.807, 2.05) is 4.68 Å². The van der Waals surface area contributed by atoms with Crippen LogP contribution in [0.4, 0.5) is 0 Å². The molecule has 0 aromatic carbocycles. The summed E-state index contributed by atoms with van der Waals surface area (Å²) in [6.07, 6.45) is 9.12. The largest absolute Gasteiger partial charge is 0.271 e. The van der Waals surface area contributed by atoms with Crippen molar-refractivity contribution in [1.29, 1.82) is 0 Å². The summed E-state index contributed by atoms with van der Waals surface area (Å²) in [7, 11) is 0. The Balaban J connectivity index is 1.95. The van der Waals surface area contributed by atoms with Gasteiger partial charge >= 0.3 is 0 Å². The van der Waals surface area contributed by atoms with Crippen molar-refractivity contribution in [3.05, 3.63) is 12.2 Å². The minimum atomic E-state index is 0.318. The molecular weight excluding hydrogens is 262 g/mol. The highest BCUT2D eigenvalue weighted by Crippen LogP contribution is 2.33. The van der Waals surface area contributed by atoms with Gasteiger partial charge in [0.05, 0.1) is 0 Å². The number of hydrogen-bond donors (Lipinski definition) is 2. The van der Waals surface area contributed by atoms with Gasteiger partial charge in [-0.15, -0.1) is 0 Å².